The Morgan fingerprint density at radius 2 is 2.00 bits per heavy atom. The van der Waals surface area contributed by atoms with Crippen LogP contribution in [-0.4, -0.2) is 69.8 Å². The molecule has 6 nitrogen and oxygen atoms in total. The molecular weight excluding hydrogens is 286 g/mol. The maximum absolute atomic E-state index is 10.0. The zero-order valence-electron chi connectivity index (χ0n) is 13.3. The molecule has 6 heteroatoms. The van der Waals surface area contributed by atoms with Gasteiger partial charge >= 0.3 is 0 Å². The normalized spacial score (nSPS) is 17.2. The summed E-state index contributed by atoms with van der Waals surface area (Å²) in [6.45, 7) is 4.46. The maximum Gasteiger partial charge on any atom is 0.124 e. The van der Waals surface area contributed by atoms with E-state index in [-0.39, 0.29) is 6.61 Å². The molecule has 2 rings (SSSR count). The Morgan fingerprint density at radius 3 is 2.68 bits per heavy atom. The molecule has 0 aromatic heterocycles. The van der Waals surface area contributed by atoms with Crippen molar-refractivity contribution in [1.82, 2.24) is 4.90 Å². The molecule has 1 atom stereocenters. The molecule has 1 heterocycles. The summed E-state index contributed by atoms with van der Waals surface area (Å²) in [6, 6.07) is 5.57. The van der Waals surface area contributed by atoms with Crippen LogP contribution in [0.2, 0.25) is 0 Å². The van der Waals surface area contributed by atoms with Gasteiger partial charge in [0.15, 0.2) is 0 Å². The van der Waals surface area contributed by atoms with E-state index in [1.807, 2.05) is 18.2 Å². The van der Waals surface area contributed by atoms with Gasteiger partial charge in [0.05, 0.1) is 46.8 Å². The summed E-state index contributed by atoms with van der Waals surface area (Å²) >= 11 is 0. The molecule has 0 saturated carbocycles. The quantitative estimate of drug-likeness (QED) is 0.770. The first-order chi connectivity index (χ1) is 10.7. The SMILES string of the molecule is COc1ccc(OC)c(COC[C@@H](O)CN2CCOCC2)c1. The van der Waals surface area contributed by atoms with E-state index < -0.39 is 6.10 Å². The predicted molar refractivity (Wildman–Crippen MR) is 82.5 cm³/mol. The lowest BCUT2D eigenvalue weighted by atomic mass is 10.2. The molecule has 1 N–H and O–H groups in total. The molecule has 1 saturated heterocycles. The number of rotatable bonds is 8. The summed E-state index contributed by atoms with van der Waals surface area (Å²) in [5, 5.41) is 10.0. The number of nitrogens with zero attached hydrogens (tertiary/aromatic N) is 1. The molecule has 1 aromatic carbocycles. The third kappa shape index (κ3) is 5.14. The molecule has 0 unspecified atom stereocenters. The van der Waals surface area contributed by atoms with Gasteiger partial charge in [0.25, 0.3) is 0 Å². The monoisotopic (exact) mass is 311 g/mol. The Kier molecular flexibility index (Phi) is 6.92. The first-order valence-electron chi connectivity index (χ1n) is 7.49. The van der Waals surface area contributed by atoms with Gasteiger partial charge in [-0.1, -0.05) is 0 Å². The summed E-state index contributed by atoms with van der Waals surface area (Å²) in [5.41, 5.74) is 0.903. The maximum atomic E-state index is 10.0. The van der Waals surface area contributed by atoms with Crippen molar-refractivity contribution < 1.29 is 24.1 Å². The molecule has 124 valence electrons. The van der Waals surface area contributed by atoms with Crippen LogP contribution in [0.4, 0.5) is 0 Å². The molecule has 0 aliphatic carbocycles. The average Bonchev–Trinajstić information content (AvgIpc) is 2.55. The van der Waals surface area contributed by atoms with Crippen LogP contribution in [0.15, 0.2) is 18.2 Å². The average molecular weight is 311 g/mol. The van der Waals surface area contributed by atoms with E-state index in [2.05, 4.69) is 4.90 Å². The Hall–Kier alpha value is -1.34. The van der Waals surface area contributed by atoms with E-state index >= 15 is 0 Å². The van der Waals surface area contributed by atoms with E-state index in [4.69, 9.17) is 18.9 Å². The fourth-order valence-corrected chi connectivity index (χ4v) is 2.43. The fraction of sp³-hybridized carbons (Fsp3) is 0.625. The Labute approximate surface area is 131 Å². The molecule has 0 radical (unpaired) electrons. The van der Waals surface area contributed by atoms with Gasteiger partial charge in [0.2, 0.25) is 0 Å². The molecular formula is C16H25NO5. The number of β-amino-alcohol motifs (C(OH)–C–C–N with tert-alkyl or cyclic N) is 1. The first kappa shape index (κ1) is 17.0. The van der Waals surface area contributed by atoms with Crippen LogP contribution in [0.3, 0.4) is 0 Å². The van der Waals surface area contributed by atoms with Gasteiger partial charge in [0, 0.05) is 25.2 Å². The minimum absolute atomic E-state index is 0.289. The second-order valence-electron chi connectivity index (χ2n) is 5.26. The van der Waals surface area contributed by atoms with E-state index in [1.165, 1.54) is 0 Å². The van der Waals surface area contributed by atoms with Crippen molar-refractivity contribution in [3.63, 3.8) is 0 Å². The second kappa shape index (κ2) is 8.95. The number of benzene rings is 1. The summed E-state index contributed by atoms with van der Waals surface area (Å²) in [7, 11) is 3.25. The number of hydrogen-bond acceptors (Lipinski definition) is 6. The lowest BCUT2D eigenvalue weighted by Gasteiger charge is -2.28. The van der Waals surface area contributed by atoms with Crippen molar-refractivity contribution in [1.29, 1.82) is 0 Å². The first-order valence-corrected chi connectivity index (χ1v) is 7.49. The van der Waals surface area contributed by atoms with Crippen LogP contribution >= 0.6 is 0 Å². The Morgan fingerprint density at radius 1 is 1.23 bits per heavy atom. The summed E-state index contributed by atoms with van der Waals surface area (Å²) in [5.74, 6) is 1.51. The Balaban J connectivity index is 1.77. The van der Waals surface area contributed by atoms with Gasteiger partial charge in [-0.3, -0.25) is 4.90 Å². The second-order valence-corrected chi connectivity index (χ2v) is 5.26. The highest BCUT2D eigenvalue weighted by molar-refractivity contribution is 5.39. The van der Waals surface area contributed by atoms with Gasteiger partial charge in [0.1, 0.15) is 11.5 Å². The number of ether oxygens (including phenoxy) is 4. The zero-order chi connectivity index (χ0) is 15.8. The van der Waals surface area contributed by atoms with Crippen molar-refractivity contribution in [2.24, 2.45) is 0 Å². The Bertz CT molecular complexity index is 448. The summed E-state index contributed by atoms with van der Waals surface area (Å²) in [4.78, 5) is 2.18. The summed E-state index contributed by atoms with van der Waals surface area (Å²) < 4.78 is 21.4. The third-order valence-electron chi connectivity index (χ3n) is 3.63. The highest BCUT2D eigenvalue weighted by atomic mass is 16.5. The number of hydrogen-bond donors (Lipinski definition) is 1. The molecule has 0 amide bonds. The number of aliphatic hydroxyl groups is 1. The smallest absolute Gasteiger partial charge is 0.124 e. The third-order valence-corrected chi connectivity index (χ3v) is 3.63. The van der Waals surface area contributed by atoms with Gasteiger partial charge in [-0.2, -0.15) is 0 Å². The molecule has 1 aromatic rings. The molecule has 1 fully saturated rings. The van der Waals surface area contributed by atoms with Crippen molar-refractivity contribution in [3.8, 4) is 11.5 Å². The molecule has 1 aliphatic heterocycles. The van der Waals surface area contributed by atoms with Crippen molar-refractivity contribution in [3.05, 3.63) is 23.8 Å². The van der Waals surface area contributed by atoms with Crippen LogP contribution in [-0.2, 0) is 16.1 Å². The molecule has 0 spiro atoms. The van der Waals surface area contributed by atoms with Crippen LogP contribution in [0.5, 0.6) is 11.5 Å². The zero-order valence-corrected chi connectivity index (χ0v) is 13.3. The van der Waals surface area contributed by atoms with Crippen molar-refractivity contribution >= 4 is 0 Å². The van der Waals surface area contributed by atoms with Gasteiger partial charge < -0.3 is 24.1 Å². The fourth-order valence-electron chi connectivity index (χ4n) is 2.43. The highest BCUT2D eigenvalue weighted by Gasteiger charge is 2.15. The number of aliphatic hydroxyl groups excluding tert-OH is 1. The number of morpholine rings is 1. The lowest BCUT2D eigenvalue weighted by Crippen LogP contribution is -2.42. The molecule has 22 heavy (non-hydrogen) atoms. The van der Waals surface area contributed by atoms with Gasteiger partial charge in [-0.25, -0.2) is 0 Å². The van der Waals surface area contributed by atoms with Crippen LogP contribution in [0.25, 0.3) is 0 Å². The number of methoxy groups -OCH3 is 2. The molecule has 0 bridgehead atoms. The standard InChI is InChI=1S/C16H25NO5/c1-19-15-3-4-16(20-2)13(9-15)11-22-12-14(18)10-17-5-7-21-8-6-17/h3-4,9,14,18H,5-8,10-12H2,1-2H3/t14-/m0/s1. The van der Waals surface area contributed by atoms with Crippen LogP contribution in [0, 0.1) is 0 Å². The van der Waals surface area contributed by atoms with Crippen LogP contribution in [0.1, 0.15) is 5.56 Å². The van der Waals surface area contributed by atoms with Crippen molar-refractivity contribution in [2.45, 2.75) is 12.7 Å². The topological polar surface area (TPSA) is 60.4 Å². The van der Waals surface area contributed by atoms with Crippen LogP contribution < -0.4 is 9.47 Å². The lowest BCUT2D eigenvalue weighted by molar-refractivity contribution is -0.0177. The van der Waals surface area contributed by atoms with E-state index in [9.17, 15) is 5.11 Å². The van der Waals surface area contributed by atoms with E-state index in [1.54, 1.807) is 14.2 Å². The minimum Gasteiger partial charge on any atom is -0.497 e. The largest absolute Gasteiger partial charge is 0.497 e. The predicted octanol–water partition coefficient (Wildman–Crippen LogP) is 0.913. The van der Waals surface area contributed by atoms with E-state index in [0.717, 1.165) is 43.4 Å². The highest BCUT2D eigenvalue weighted by Crippen LogP contribution is 2.24. The van der Waals surface area contributed by atoms with Gasteiger partial charge in [-0.05, 0) is 18.2 Å². The minimum atomic E-state index is -0.505. The summed E-state index contributed by atoms with van der Waals surface area (Å²) in [6.07, 6.45) is -0.505. The van der Waals surface area contributed by atoms with Gasteiger partial charge in [-0.15, -0.1) is 0 Å². The van der Waals surface area contributed by atoms with E-state index in [0.29, 0.717) is 13.2 Å². The van der Waals surface area contributed by atoms with Crippen molar-refractivity contribution in [2.75, 3.05) is 53.7 Å². The molecule has 1 aliphatic rings.